The molecule has 4 rings (SSSR count). The summed E-state index contributed by atoms with van der Waals surface area (Å²) in [5.41, 5.74) is 3.08. The first-order valence-electron chi connectivity index (χ1n) is 8.61. The van der Waals surface area contributed by atoms with E-state index in [1.54, 1.807) is 12.4 Å². The molecule has 0 radical (unpaired) electrons. The van der Waals surface area contributed by atoms with Crippen molar-refractivity contribution in [2.75, 3.05) is 36.8 Å². The molecule has 0 saturated carbocycles. The van der Waals surface area contributed by atoms with Crippen LogP contribution < -0.4 is 10.2 Å². The quantitative estimate of drug-likeness (QED) is 0.896. The molecule has 1 aromatic heterocycles. The first-order valence-corrected chi connectivity index (χ1v) is 9.66. The Morgan fingerprint density at radius 3 is 2.80 bits per heavy atom. The van der Waals surface area contributed by atoms with E-state index < -0.39 is 0 Å². The van der Waals surface area contributed by atoms with E-state index in [2.05, 4.69) is 33.2 Å². The zero-order chi connectivity index (χ0) is 17.2. The van der Waals surface area contributed by atoms with Crippen molar-refractivity contribution < 1.29 is 4.74 Å². The second-order valence-corrected chi connectivity index (χ2v) is 7.92. The molecular formula is C18H21N5OS. The lowest BCUT2D eigenvalue weighted by Crippen LogP contribution is -2.49. The fourth-order valence-corrected chi connectivity index (χ4v) is 4.49. The third-order valence-corrected chi connectivity index (χ3v) is 6.02. The average Bonchev–Trinajstić information content (AvgIpc) is 2.59. The van der Waals surface area contributed by atoms with E-state index >= 15 is 0 Å². The van der Waals surface area contributed by atoms with Crippen molar-refractivity contribution in [3.05, 3.63) is 30.1 Å². The maximum atomic E-state index is 9.31. The minimum absolute atomic E-state index is 0.168. The second kappa shape index (κ2) is 7.16. The monoisotopic (exact) mass is 355 g/mol. The number of morpholine rings is 1. The molecule has 2 aliphatic heterocycles. The Labute approximate surface area is 151 Å². The first-order chi connectivity index (χ1) is 12.2. The molecule has 0 bridgehead atoms. The molecule has 1 aromatic carbocycles. The summed E-state index contributed by atoms with van der Waals surface area (Å²) in [6, 6.07) is 6.05. The molecule has 0 aliphatic carbocycles. The fraction of sp³-hybridized carbons (Fsp3) is 0.500. The van der Waals surface area contributed by atoms with Crippen molar-refractivity contribution in [1.29, 1.82) is 5.26 Å². The summed E-state index contributed by atoms with van der Waals surface area (Å²) < 4.78 is 6.14. The summed E-state index contributed by atoms with van der Waals surface area (Å²) in [4.78, 5) is 11.2. The number of fused-ring (bicyclic) bond motifs is 1. The molecule has 1 N–H and O–H groups in total. The van der Waals surface area contributed by atoms with Crippen LogP contribution in [0.3, 0.4) is 0 Å². The van der Waals surface area contributed by atoms with Crippen LogP contribution in [0, 0.1) is 11.3 Å². The van der Waals surface area contributed by atoms with Gasteiger partial charge in [0.1, 0.15) is 17.1 Å². The van der Waals surface area contributed by atoms with Crippen molar-refractivity contribution in [1.82, 2.24) is 15.3 Å². The van der Waals surface area contributed by atoms with Crippen LogP contribution in [0.4, 0.5) is 5.69 Å². The lowest BCUT2D eigenvalue weighted by Gasteiger charge is -2.39. The van der Waals surface area contributed by atoms with E-state index in [4.69, 9.17) is 4.74 Å². The highest BCUT2D eigenvalue weighted by molar-refractivity contribution is 8.00. The van der Waals surface area contributed by atoms with Gasteiger partial charge in [0.2, 0.25) is 0 Å². The lowest BCUT2D eigenvalue weighted by molar-refractivity contribution is -0.00260. The van der Waals surface area contributed by atoms with E-state index in [0.29, 0.717) is 11.1 Å². The van der Waals surface area contributed by atoms with Crippen molar-refractivity contribution in [2.24, 2.45) is 0 Å². The SMILES string of the molecule is CC1CN(c2ccc(C#N)c3nccnc23)C[C@H](CSC2CNC2)O1. The zero-order valence-corrected chi connectivity index (χ0v) is 15.0. The summed E-state index contributed by atoms with van der Waals surface area (Å²) in [6.07, 6.45) is 3.70. The van der Waals surface area contributed by atoms with E-state index in [1.807, 2.05) is 23.9 Å². The first kappa shape index (κ1) is 16.6. The van der Waals surface area contributed by atoms with Gasteiger partial charge in [-0.15, -0.1) is 0 Å². The number of nitrogens with zero attached hydrogens (tertiary/aromatic N) is 4. The molecule has 7 heteroatoms. The topological polar surface area (TPSA) is 74.1 Å². The number of thioether (sulfide) groups is 1. The van der Waals surface area contributed by atoms with Crippen LogP contribution in [0.2, 0.25) is 0 Å². The molecule has 1 unspecified atom stereocenters. The second-order valence-electron chi connectivity index (χ2n) is 6.58. The Kier molecular flexibility index (Phi) is 4.75. The van der Waals surface area contributed by atoms with E-state index in [1.165, 1.54) is 0 Å². The van der Waals surface area contributed by atoms with E-state index in [-0.39, 0.29) is 12.2 Å². The number of benzene rings is 1. The molecule has 25 heavy (non-hydrogen) atoms. The molecule has 2 aromatic rings. The maximum absolute atomic E-state index is 9.31. The smallest absolute Gasteiger partial charge is 0.113 e. The molecule has 2 saturated heterocycles. The van der Waals surface area contributed by atoms with Gasteiger partial charge in [-0.3, -0.25) is 9.97 Å². The van der Waals surface area contributed by atoms with Crippen LogP contribution in [-0.4, -0.2) is 59.4 Å². The third kappa shape index (κ3) is 3.43. The Morgan fingerprint density at radius 1 is 1.28 bits per heavy atom. The molecule has 0 amide bonds. The highest BCUT2D eigenvalue weighted by atomic mass is 32.2. The molecule has 130 valence electrons. The number of rotatable bonds is 4. The molecule has 2 fully saturated rings. The molecule has 0 spiro atoms. The van der Waals surface area contributed by atoms with Crippen molar-refractivity contribution >= 4 is 28.5 Å². The zero-order valence-electron chi connectivity index (χ0n) is 14.2. The Hall–Kier alpha value is -1.88. The van der Waals surface area contributed by atoms with Gasteiger partial charge in [-0.2, -0.15) is 17.0 Å². The number of anilines is 1. The predicted octanol–water partition coefficient (Wildman–Crippen LogP) is 1.80. The standard InChI is InChI=1S/C18H21N5OS/c1-12-9-23(10-14(24-12)11-25-15-7-20-8-15)16-3-2-13(6-19)17-18(16)22-5-4-21-17/h2-5,12,14-15,20H,7-11H2,1H3/t12?,14-/m1/s1. The lowest BCUT2D eigenvalue weighted by atomic mass is 10.1. The van der Waals surface area contributed by atoms with Crippen LogP contribution in [0.1, 0.15) is 12.5 Å². The highest BCUT2D eigenvalue weighted by Gasteiger charge is 2.28. The number of nitrogens with one attached hydrogen (secondary N) is 1. The molecule has 2 aliphatic rings. The third-order valence-electron chi connectivity index (χ3n) is 4.65. The summed E-state index contributed by atoms with van der Waals surface area (Å²) in [5, 5.41) is 13.3. The van der Waals surface area contributed by atoms with Crippen molar-refractivity contribution in [2.45, 2.75) is 24.4 Å². The fourth-order valence-electron chi connectivity index (χ4n) is 3.35. The largest absolute Gasteiger partial charge is 0.371 e. The number of ether oxygens (including phenoxy) is 1. The molecule has 3 heterocycles. The van der Waals surface area contributed by atoms with Crippen molar-refractivity contribution in [3.63, 3.8) is 0 Å². The van der Waals surface area contributed by atoms with E-state index in [0.717, 1.165) is 48.4 Å². The maximum Gasteiger partial charge on any atom is 0.113 e. The van der Waals surface area contributed by atoms with Gasteiger partial charge in [-0.05, 0) is 19.1 Å². The van der Waals surface area contributed by atoms with Crippen LogP contribution in [-0.2, 0) is 4.74 Å². The van der Waals surface area contributed by atoms with Gasteiger partial charge < -0.3 is 15.0 Å². The summed E-state index contributed by atoms with van der Waals surface area (Å²) in [5.74, 6) is 1.01. The summed E-state index contributed by atoms with van der Waals surface area (Å²) in [6.45, 7) is 5.99. The average molecular weight is 355 g/mol. The Balaban J connectivity index is 1.57. The molecule has 2 atom stereocenters. The number of aromatic nitrogens is 2. The summed E-state index contributed by atoms with van der Waals surface area (Å²) >= 11 is 1.99. The number of hydrogen-bond donors (Lipinski definition) is 1. The Bertz CT molecular complexity index is 804. The van der Waals surface area contributed by atoms with Gasteiger partial charge in [0.25, 0.3) is 0 Å². The van der Waals surface area contributed by atoms with Crippen LogP contribution in [0.5, 0.6) is 0 Å². The van der Waals surface area contributed by atoms with Gasteiger partial charge in [0.05, 0.1) is 23.5 Å². The molecule has 6 nitrogen and oxygen atoms in total. The van der Waals surface area contributed by atoms with Gasteiger partial charge in [0.15, 0.2) is 0 Å². The van der Waals surface area contributed by atoms with Crippen LogP contribution in [0.15, 0.2) is 24.5 Å². The van der Waals surface area contributed by atoms with Crippen LogP contribution in [0.25, 0.3) is 11.0 Å². The Morgan fingerprint density at radius 2 is 2.08 bits per heavy atom. The normalized spacial score (nSPS) is 24.1. The van der Waals surface area contributed by atoms with Gasteiger partial charge in [0, 0.05) is 49.6 Å². The summed E-state index contributed by atoms with van der Waals surface area (Å²) in [7, 11) is 0. The van der Waals surface area contributed by atoms with Gasteiger partial charge in [-0.1, -0.05) is 0 Å². The van der Waals surface area contributed by atoms with Gasteiger partial charge >= 0.3 is 0 Å². The van der Waals surface area contributed by atoms with Crippen molar-refractivity contribution in [3.8, 4) is 6.07 Å². The molecular weight excluding hydrogens is 334 g/mol. The highest BCUT2D eigenvalue weighted by Crippen LogP contribution is 2.29. The van der Waals surface area contributed by atoms with Gasteiger partial charge in [-0.25, -0.2) is 0 Å². The minimum atomic E-state index is 0.168. The number of hydrogen-bond acceptors (Lipinski definition) is 7. The predicted molar refractivity (Wildman–Crippen MR) is 99.9 cm³/mol. The van der Waals surface area contributed by atoms with Crippen LogP contribution >= 0.6 is 11.8 Å². The number of nitriles is 1. The minimum Gasteiger partial charge on any atom is -0.371 e. The van der Waals surface area contributed by atoms with E-state index in [9.17, 15) is 5.26 Å².